The van der Waals surface area contributed by atoms with Gasteiger partial charge in [-0.2, -0.15) is 0 Å². The van der Waals surface area contributed by atoms with E-state index in [1.807, 2.05) is 6.07 Å². The lowest BCUT2D eigenvalue weighted by molar-refractivity contribution is 0.245. The van der Waals surface area contributed by atoms with Gasteiger partial charge in [0, 0.05) is 32.7 Å². The number of nitrogens with zero attached hydrogens (tertiary/aromatic N) is 2. The summed E-state index contributed by atoms with van der Waals surface area (Å²) in [6, 6.07) is 16.2. The van der Waals surface area contributed by atoms with Crippen LogP contribution in [0, 0.1) is 5.82 Å². The molecule has 2 aromatic rings. The van der Waals surface area contributed by atoms with E-state index < -0.39 is 15.7 Å². The highest BCUT2D eigenvalue weighted by Gasteiger charge is 2.24. The summed E-state index contributed by atoms with van der Waals surface area (Å²) in [5.41, 5.74) is 1.30. The summed E-state index contributed by atoms with van der Waals surface area (Å²) >= 11 is 0. The molecule has 0 spiro atoms. The van der Waals surface area contributed by atoms with Crippen molar-refractivity contribution in [2.24, 2.45) is 4.99 Å². The highest BCUT2D eigenvalue weighted by atomic mass is 127. The maximum absolute atomic E-state index is 13.8. The Morgan fingerprint density at radius 3 is 2.55 bits per heavy atom. The molecule has 1 unspecified atom stereocenters. The number of benzene rings is 2. The average molecular weight is 560 g/mol. The molecule has 1 aliphatic heterocycles. The summed E-state index contributed by atoms with van der Waals surface area (Å²) in [5.74, 6) is -0.386. The van der Waals surface area contributed by atoms with Crippen molar-refractivity contribution in [3.63, 3.8) is 0 Å². The van der Waals surface area contributed by atoms with Crippen molar-refractivity contribution in [1.82, 2.24) is 15.5 Å². The summed E-state index contributed by atoms with van der Waals surface area (Å²) in [4.78, 5) is 6.37. The van der Waals surface area contributed by atoms with Gasteiger partial charge in [0.15, 0.2) is 15.8 Å². The predicted octanol–water partition coefficient (Wildman–Crippen LogP) is 3.05. The van der Waals surface area contributed by atoms with Gasteiger partial charge in [-0.3, -0.25) is 9.89 Å². The van der Waals surface area contributed by atoms with Crippen LogP contribution < -0.4 is 10.6 Å². The fraction of sp³-hybridized carbons (Fsp3) is 0.409. The molecular formula is C22H30FIN4O2S. The standard InChI is InChI=1S/C22H29FN4O2S.HI/c1-24-22(25-13-15-30(28,29)21-12-6-5-11-20(21)23)26-16-19-10-7-14-27(19)17-18-8-3-2-4-9-18;/h2-6,8-9,11-12,19H,7,10,13-17H2,1H3,(H2,24,25,26);1H. The second-order valence-electron chi connectivity index (χ2n) is 7.38. The van der Waals surface area contributed by atoms with Crippen LogP contribution in [-0.2, 0) is 16.4 Å². The largest absolute Gasteiger partial charge is 0.355 e. The van der Waals surface area contributed by atoms with Gasteiger partial charge in [0.25, 0.3) is 0 Å². The first kappa shape index (κ1) is 25.5. The summed E-state index contributed by atoms with van der Waals surface area (Å²) in [6.07, 6.45) is 2.27. The van der Waals surface area contributed by atoms with Gasteiger partial charge >= 0.3 is 0 Å². The molecule has 1 fully saturated rings. The fourth-order valence-electron chi connectivity index (χ4n) is 3.70. The van der Waals surface area contributed by atoms with Crippen LogP contribution >= 0.6 is 24.0 Å². The highest BCUT2D eigenvalue weighted by Crippen LogP contribution is 2.19. The number of guanidine groups is 1. The van der Waals surface area contributed by atoms with Crippen molar-refractivity contribution in [1.29, 1.82) is 0 Å². The molecule has 6 nitrogen and oxygen atoms in total. The maximum atomic E-state index is 13.8. The third-order valence-corrected chi connectivity index (χ3v) is 7.03. The normalized spacial score (nSPS) is 17.2. The van der Waals surface area contributed by atoms with Crippen LogP contribution in [0.15, 0.2) is 64.5 Å². The van der Waals surface area contributed by atoms with Gasteiger partial charge in [0.1, 0.15) is 10.7 Å². The van der Waals surface area contributed by atoms with Crippen LogP contribution in [-0.4, -0.2) is 57.8 Å². The lowest BCUT2D eigenvalue weighted by Gasteiger charge is -2.25. The van der Waals surface area contributed by atoms with Gasteiger partial charge in [0.05, 0.1) is 5.75 Å². The topological polar surface area (TPSA) is 73.8 Å². The molecule has 2 aromatic carbocycles. The summed E-state index contributed by atoms with van der Waals surface area (Å²) in [6.45, 7) is 2.86. The molecule has 0 radical (unpaired) electrons. The van der Waals surface area contributed by atoms with Crippen molar-refractivity contribution in [2.45, 2.75) is 30.3 Å². The van der Waals surface area contributed by atoms with Crippen LogP contribution in [0.1, 0.15) is 18.4 Å². The smallest absolute Gasteiger partial charge is 0.191 e. The van der Waals surface area contributed by atoms with Gasteiger partial charge in [-0.25, -0.2) is 12.8 Å². The Morgan fingerprint density at radius 1 is 1.13 bits per heavy atom. The molecule has 0 aromatic heterocycles. The summed E-state index contributed by atoms with van der Waals surface area (Å²) in [5, 5.41) is 6.31. The second kappa shape index (κ2) is 12.4. The Hall–Kier alpha value is -1.72. The van der Waals surface area contributed by atoms with Crippen LogP contribution in [0.5, 0.6) is 0 Å². The first-order chi connectivity index (χ1) is 14.5. The third-order valence-electron chi connectivity index (χ3n) is 5.29. The van der Waals surface area contributed by atoms with E-state index in [-0.39, 0.29) is 41.2 Å². The monoisotopic (exact) mass is 560 g/mol. The number of sulfone groups is 1. The minimum atomic E-state index is -3.70. The summed E-state index contributed by atoms with van der Waals surface area (Å²) in [7, 11) is -2.05. The van der Waals surface area contributed by atoms with E-state index in [9.17, 15) is 12.8 Å². The molecule has 1 saturated heterocycles. The number of hydrogen-bond donors (Lipinski definition) is 2. The van der Waals surface area contributed by atoms with E-state index in [0.29, 0.717) is 12.0 Å². The van der Waals surface area contributed by atoms with Gasteiger partial charge in [-0.15, -0.1) is 24.0 Å². The molecule has 0 bridgehead atoms. The van der Waals surface area contributed by atoms with Crippen LogP contribution in [0.3, 0.4) is 0 Å². The zero-order valence-corrected chi connectivity index (χ0v) is 20.8. The number of rotatable bonds is 8. The molecule has 3 rings (SSSR count). The van der Waals surface area contributed by atoms with Crippen LogP contribution in [0.25, 0.3) is 0 Å². The molecule has 1 aliphatic rings. The zero-order chi connectivity index (χ0) is 21.4. The predicted molar refractivity (Wildman–Crippen MR) is 133 cm³/mol. The van der Waals surface area contributed by atoms with Crippen molar-refractivity contribution < 1.29 is 12.8 Å². The van der Waals surface area contributed by atoms with Crippen molar-refractivity contribution in [3.05, 3.63) is 66.0 Å². The van der Waals surface area contributed by atoms with Gasteiger partial charge in [-0.05, 0) is 37.1 Å². The quantitative estimate of drug-likeness (QED) is 0.295. The molecule has 0 aliphatic carbocycles. The molecule has 1 heterocycles. The minimum absolute atomic E-state index is 0. The molecule has 1 atom stereocenters. The Labute approximate surface area is 201 Å². The van der Waals surface area contributed by atoms with Crippen molar-refractivity contribution in [2.75, 3.05) is 32.4 Å². The maximum Gasteiger partial charge on any atom is 0.191 e. The van der Waals surface area contributed by atoms with E-state index in [1.165, 1.54) is 23.8 Å². The molecular weight excluding hydrogens is 530 g/mol. The Bertz CT molecular complexity index is 957. The van der Waals surface area contributed by atoms with E-state index in [0.717, 1.165) is 38.5 Å². The van der Waals surface area contributed by atoms with E-state index in [1.54, 1.807) is 7.05 Å². The van der Waals surface area contributed by atoms with Crippen molar-refractivity contribution >= 4 is 39.8 Å². The molecule has 31 heavy (non-hydrogen) atoms. The number of likely N-dealkylation sites (tertiary alicyclic amines) is 1. The SMILES string of the molecule is CN=C(NCCS(=O)(=O)c1ccccc1F)NCC1CCCN1Cc1ccccc1.I. The number of nitrogens with one attached hydrogen (secondary N) is 2. The first-order valence-electron chi connectivity index (χ1n) is 10.2. The molecule has 2 N–H and O–H groups in total. The first-order valence-corrected chi connectivity index (χ1v) is 11.8. The minimum Gasteiger partial charge on any atom is -0.355 e. The molecule has 170 valence electrons. The lowest BCUT2D eigenvalue weighted by Crippen LogP contribution is -2.45. The highest BCUT2D eigenvalue weighted by molar-refractivity contribution is 14.0. The Kier molecular flexibility index (Phi) is 10.2. The molecule has 0 amide bonds. The summed E-state index contributed by atoms with van der Waals surface area (Å²) < 4.78 is 38.5. The van der Waals surface area contributed by atoms with E-state index in [4.69, 9.17) is 0 Å². The Morgan fingerprint density at radius 2 is 1.84 bits per heavy atom. The van der Waals surface area contributed by atoms with Gasteiger partial charge in [0.2, 0.25) is 0 Å². The average Bonchev–Trinajstić information content (AvgIpc) is 3.18. The number of hydrogen-bond acceptors (Lipinski definition) is 4. The third kappa shape index (κ3) is 7.43. The van der Waals surface area contributed by atoms with Crippen molar-refractivity contribution in [3.8, 4) is 0 Å². The van der Waals surface area contributed by atoms with Gasteiger partial charge in [-0.1, -0.05) is 42.5 Å². The molecule has 0 saturated carbocycles. The van der Waals surface area contributed by atoms with Crippen LogP contribution in [0.2, 0.25) is 0 Å². The number of halogens is 2. The second-order valence-corrected chi connectivity index (χ2v) is 9.46. The van der Waals surface area contributed by atoms with E-state index >= 15 is 0 Å². The van der Waals surface area contributed by atoms with E-state index in [2.05, 4.69) is 44.8 Å². The Balaban J connectivity index is 0.00000341. The zero-order valence-electron chi connectivity index (χ0n) is 17.6. The number of aliphatic imine (C=N–C) groups is 1. The van der Waals surface area contributed by atoms with Gasteiger partial charge < -0.3 is 10.6 Å². The van der Waals surface area contributed by atoms with Crippen LogP contribution in [0.4, 0.5) is 4.39 Å². The lowest BCUT2D eigenvalue weighted by atomic mass is 10.2. The fourth-order valence-corrected chi connectivity index (χ4v) is 4.94. The molecule has 9 heteroatoms.